The Bertz CT molecular complexity index is 613. The molecule has 24 heavy (non-hydrogen) atoms. The van der Waals surface area contributed by atoms with E-state index in [0.29, 0.717) is 24.4 Å². The fourth-order valence-electron chi connectivity index (χ4n) is 2.67. The van der Waals surface area contributed by atoms with Crippen molar-refractivity contribution in [1.29, 1.82) is 0 Å². The summed E-state index contributed by atoms with van der Waals surface area (Å²) < 4.78 is 5.68. The molecule has 130 valence electrons. The molecule has 0 radical (unpaired) electrons. The fraction of sp³-hybridized carbons (Fsp3) is 0.444. The summed E-state index contributed by atoms with van der Waals surface area (Å²) in [4.78, 5) is 25.8. The standard InChI is InChI=1S/C18H25N3O3/c1-4-16(22)20-15-7-5-6-14(12-15)17(23)19-8-9-21-10-11-24-18(2,3)13-21/h4-7,12H,1,8-11,13H2,2-3H3,(H,19,23)(H,20,22). The Kier molecular flexibility index (Phi) is 6.11. The number of hydrogen-bond acceptors (Lipinski definition) is 4. The molecule has 0 bridgehead atoms. The third kappa shape index (κ3) is 5.47. The molecule has 1 heterocycles. The molecule has 2 amide bonds. The molecular weight excluding hydrogens is 306 g/mol. The number of hydrogen-bond donors (Lipinski definition) is 2. The molecule has 0 aromatic heterocycles. The number of rotatable bonds is 6. The molecule has 1 fully saturated rings. The molecule has 0 atom stereocenters. The highest BCUT2D eigenvalue weighted by Crippen LogP contribution is 2.15. The van der Waals surface area contributed by atoms with E-state index in [0.717, 1.165) is 19.6 Å². The molecule has 2 N–H and O–H groups in total. The first kappa shape index (κ1) is 18.2. The fourth-order valence-corrected chi connectivity index (χ4v) is 2.67. The lowest BCUT2D eigenvalue weighted by Crippen LogP contribution is -2.50. The Balaban J connectivity index is 1.83. The number of carbonyl (C=O) groups excluding carboxylic acids is 2. The Morgan fingerprint density at radius 1 is 1.42 bits per heavy atom. The molecule has 1 aliphatic heterocycles. The van der Waals surface area contributed by atoms with E-state index >= 15 is 0 Å². The van der Waals surface area contributed by atoms with Crippen LogP contribution in [0.4, 0.5) is 5.69 Å². The zero-order chi connectivity index (χ0) is 17.6. The predicted octanol–water partition coefficient (Wildman–Crippen LogP) is 1.65. The zero-order valence-corrected chi connectivity index (χ0v) is 14.3. The van der Waals surface area contributed by atoms with Gasteiger partial charge < -0.3 is 15.4 Å². The van der Waals surface area contributed by atoms with Crippen LogP contribution < -0.4 is 10.6 Å². The number of carbonyl (C=O) groups is 2. The minimum Gasteiger partial charge on any atom is -0.373 e. The second kappa shape index (κ2) is 8.08. The number of benzene rings is 1. The maximum absolute atomic E-state index is 12.2. The van der Waals surface area contributed by atoms with E-state index in [4.69, 9.17) is 4.74 Å². The van der Waals surface area contributed by atoms with Gasteiger partial charge in [0, 0.05) is 37.4 Å². The van der Waals surface area contributed by atoms with Crippen molar-refractivity contribution in [2.45, 2.75) is 19.4 Å². The van der Waals surface area contributed by atoms with Crippen LogP contribution in [-0.4, -0.2) is 55.1 Å². The van der Waals surface area contributed by atoms with Crippen molar-refractivity contribution in [3.8, 4) is 0 Å². The summed E-state index contributed by atoms with van der Waals surface area (Å²) in [5.41, 5.74) is 0.946. The average molecular weight is 331 g/mol. The van der Waals surface area contributed by atoms with Gasteiger partial charge in [-0.3, -0.25) is 14.5 Å². The number of anilines is 1. The zero-order valence-electron chi connectivity index (χ0n) is 14.3. The maximum atomic E-state index is 12.2. The van der Waals surface area contributed by atoms with E-state index in [9.17, 15) is 9.59 Å². The molecule has 0 saturated carbocycles. The smallest absolute Gasteiger partial charge is 0.251 e. The Morgan fingerprint density at radius 3 is 2.92 bits per heavy atom. The van der Waals surface area contributed by atoms with Crippen LogP contribution >= 0.6 is 0 Å². The van der Waals surface area contributed by atoms with Gasteiger partial charge >= 0.3 is 0 Å². The van der Waals surface area contributed by atoms with Crippen LogP contribution in [0.3, 0.4) is 0 Å². The van der Waals surface area contributed by atoms with Gasteiger partial charge in [-0.2, -0.15) is 0 Å². The first-order valence-electron chi connectivity index (χ1n) is 8.08. The van der Waals surface area contributed by atoms with Gasteiger partial charge in [-0.15, -0.1) is 0 Å². The lowest BCUT2D eigenvalue weighted by molar-refractivity contribution is -0.111. The molecule has 0 aliphatic carbocycles. The van der Waals surface area contributed by atoms with Crippen molar-refractivity contribution in [2.75, 3.05) is 38.1 Å². The summed E-state index contributed by atoms with van der Waals surface area (Å²) >= 11 is 0. The monoisotopic (exact) mass is 331 g/mol. The summed E-state index contributed by atoms with van der Waals surface area (Å²) in [5.74, 6) is -0.459. The van der Waals surface area contributed by atoms with E-state index in [1.807, 2.05) is 0 Å². The van der Waals surface area contributed by atoms with Gasteiger partial charge in [0.2, 0.25) is 5.91 Å². The van der Waals surface area contributed by atoms with E-state index in [-0.39, 0.29) is 17.4 Å². The molecular formula is C18H25N3O3. The normalized spacial score (nSPS) is 17.1. The van der Waals surface area contributed by atoms with E-state index in [1.54, 1.807) is 24.3 Å². The highest BCUT2D eigenvalue weighted by atomic mass is 16.5. The maximum Gasteiger partial charge on any atom is 0.251 e. The molecule has 6 heteroatoms. The van der Waals surface area contributed by atoms with Gasteiger partial charge in [-0.25, -0.2) is 0 Å². The predicted molar refractivity (Wildman–Crippen MR) is 94.1 cm³/mol. The van der Waals surface area contributed by atoms with Gasteiger partial charge in [0.15, 0.2) is 0 Å². The van der Waals surface area contributed by atoms with Crippen molar-refractivity contribution < 1.29 is 14.3 Å². The van der Waals surface area contributed by atoms with Gasteiger partial charge in [-0.05, 0) is 38.1 Å². The largest absolute Gasteiger partial charge is 0.373 e. The molecule has 6 nitrogen and oxygen atoms in total. The molecule has 2 rings (SSSR count). The topological polar surface area (TPSA) is 70.7 Å². The number of morpholine rings is 1. The second-order valence-electron chi connectivity index (χ2n) is 6.41. The van der Waals surface area contributed by atoms with Crippen molar-refractivity contribution >= 4 is 17.5 Å². The Hall–Kier alpha value is -2.18. The van der Waals surface area contributed by atoms with E-state index in [1.165, 1.54) is 6.08 Å². The third-order valence-corrected chi connectivity index (χ3v) is 3.80. The van der Waals surface area contributed by atoms with Crippen molar-refractivity contribution in [1.82, 2.24) is 10.2 Å². The Labute approximate surface area is 142 Å². The summed E-state index contributed by atoms with van der Waals surface area (Å²) in [5, 5.41) is 5.56. The first-order chi connectivity index (χ1) is 11.4. The van der Waals surface area contributed by atoms with Crippen LogP contribution in [0.25, 0.3) is 0 Å². The molecule has 0 spiro atoms. The number of ether oxygens (including phenoxy) is 1. The van der Waals surface area contributed by atoms with Crippen molar-refractivity contribution in [3.05, 3.63) is 42.5 Å². The minimum absolute atomic E-state index is 0.139. The van der Waals surface area contributed by atoms with Crippen LogP contribution in [0.15, 0.2) is 36.9 Å². The van der Waals surface area contributed by atoms with Gasteiger partial charge in [0.05, 0.1) is 12.2 Å². The van der Waals surface area contributed by atoms with Gasteiger partial charge in [0.1, 0.15) is 0 Å². The number of nitrogens with one attached hydrogen (secondary N) is 2. The molecule has 0 unspecified atom stereocenters. The Morgan fingerprint density at radius 2 is 2.21 bits per heavy atom. The lowest BCUT2D eigenvalue weighted by Gasteiger charge is -2.38. The van der Waals surface area contributed by atoms with Crippen LogP contribution in [0.2, 0.25) is 0 Å². The number of nitrogens with zero attached hydrogens (tertiary/aromatic N) is 1. The van der Waals surface area contributed by atoms with Gasteiger partial charge in [-0.1, -0.05) is 12.6 Å². The van der Waals surface area contributed by atoms with Crippen LogP contribution in [0.5, 0.6) is 0 Å². The average Bonchev–Trinajstić information content (AvgIpc) is 2.54. The summed E-state index contributed by atoms with van der Waals surface area (Å²) in [6.07, 6.45) is 1.19. The first-order valence-corrected chi connectivity index (χ1v) is 8.08. The molecule has 1 aliphatic rings. The minimum atomic E-state index is -0.303. The molecule has 1 aromatic carbocycles. The lowest BCUT2D eigenvalue weighted by atomic mass is 10.1. The van der Waals surface area contributed by atoms with Crippen molar-refractivity contribution in [3.63, 3.8) is 0 Å². The summed E-state index contributed by atoms with van der Waals surface area (Å²) in [6.45, 7) is 11.3. The van der Waals surface area contributed by atoms with E-state index < -0.39 is 0 Å². The molecule has 1 aromatic rings. The van der Waals surface area contributed by atoms with Crippen LogP contribution in [0, 0.1) is 0 Å². The highest BCUT2D eigenvalue weighted by molar-refractivity contribution is 6.00. The van der Waals surface area contributed by atoms with E-state index in [2.05, 4.69) is 36.0 Å². The second-order valence-corrected chi connectivity index (χ2v) is 6.41. The van der Waals surface area contributed by atoms with Gasteiger partial charge in [0.25, 0.3) is 5.91 Å². The van der Waals surface area contributed by atoms with Crippen LogP contribution in [-0.2, 0) is 9.53 Å². The quantitative estimate of drug-likeness (QED) is 0.778. The summed E-state index contributed by atoms with van der Waals surface area (Å²) in [6, 6.07) is 6.83. The highest BCUT2D eigenvalue weighted by Gasteiger charge is 2.26. The SMILES string of the molecule is C=CC(=O)Nc1cccc(C(=O)NCCN2CCOC(C)(C)C2)c1. The van der Waals surface area contributed by atoms with Crippen molar-refractivity contribution in [2.24, 2.45) is 0 Å². The molecule has 1 saturated heterocycles. The van der Waals surface area contributed by atoms with Crippen LogP contribution in [0.1, 0.15) is 24.2 Å². The summed E-state index contributed by atoms with van der Waals surface area (Å²) in [7, 11) is 0. The third-order valence-electron chi connectivity index (χ3n) is 3.80. The number of amides is 2.